The minimum absolute atomic E-state index is 0.859. The second-order valence-electron chi connectivity index (χ2n) is 5.76. The van der Waals surface area contributed by atoms with Crippen LogP contribution in [0.1, 0.15) is 33.0 Å². The van der Waals surface area contributed by atoms with Crippen molar-refractivity contribution in [1.29, 1.82) is 0 Å². The van der Waals surface area contributed by atoms with E-state index in [1.54, 1.807) is 11.3 Å². The van der Waals surface area contributed by atoms with Crippen molar-refractivity contribution in [3.8, 4) is 0 Å². The summed E-state index contributed by atoms with van der Waals surface area (Å²) in [4.78, 5) is 11.8. The van der Waals surface area contributed by atoms with Crippen LogP contribution >= 0.6 is 23.1 Å². The zero-order valence-corrected chi connectivity index (χ0v) is 15.3. The van der Waals surface area contributed by atoms with Crippen LogP contribution in [0.25, 0.3) is 10.2 Å². The van der Waals surface area contributed by atoms with Crippen molar-refractivity contribution in [3.63, 3.8) is 0 Å². The molecule has 0 bridgehead atoms. The van der Waals surface area contributed by atoms with E-state index in [0.717, 1.165) is 21.4 Å². The van der Waals surface area contributed by atoms with Crippen molar-refractivity contribution >= 4 is 33.3 Å². The molecule has 0 unspecified atom stereocenters. The Kier molecular flexibility index (Phi) is 4.24. The van der Waals surface area contributed by atoms with Crippen LogP contribution in [-0.4, -0.2) is 9.97 Å². The minimum atomic E-state index is 0.859. The van der Waals surface area contributed by atoms with Gasteiger partial charge in [-0.2, -0.15) is 0 Å². The summed E-state index contributed by atoms with van der Waals surface area (Å²) in [5.41, 5.74) is 5.37. The number of fused-ring (bicyclic) bond motifs is 1. The third-order valence-corrected chi connectivity index (χ3v) is 6.10. The number of hydrogen-bond donors (Lipinski definition) is 0. The van der Waals surface area contributed by atoms with E-state index in [2.05, 4.69) is 50.9 Å². The van der Waals surface area contributed by atoms with Crippen LogP contribution in [0.4, 0.5) is 0 Å². The predicted octanol–water partition coefficient (Wildman–Crippen LogP) is 5.53. The molecule has 0 aliphatic carbocycles. The Morgan fingerprint density at radius 1 is 1.05 bits per heavy atom. The fraction of sp³-hybridized carbons (Fsp3) is 0.333. The molecule has 3 aromatic rings. The SMILES string of the molecule is Cc1ccc(C)c(CSc2nc(C)nc3sc(C)c(C)c23)c1. The summed E-state index contributed by atoms with van der Waals surface area (Å²) in [5, 5.41) is 2.36. The maximum Gasteiger partial charge on any atom is 0.128 e. The molecule has 2 heterocycles. The zero-order chi connectivity index (χ0) is 15.9. The van der Waals surface area contributed by atoms with E-state index in [1.807, 2.05) is 18.7 Å². The summed E-state index contributed by atoms with van der Waals surface area (Å²) in [6.45, 7) is 10.6. The van der Waals surface area contributed by atoms with Gasteiger partial charge in [0.05, 0.1) is 0 Å². The van der Waals surface area contributed by atoms with Crippen molar-refractivity contribution in [2.75, 3.05) is 0 Å². The van der Waals surface area contributed by atoms with Gasteiger partial charge >= 0.3 is 0 Å². The van der Waals surface area contributed by atoms with Crippen LogP contribution < -0.4 is 0 Å². The van der Waals surface area contributed by atoms with Crippen molar-refractivity contribution in [2.24, 2.45) is 0 Å². The molecule has 0 aliphatic rings. The normalized spacial score (nSPS) is 11.3. The number of rotatable bonds is 3. The van der Waals surface area contributed by atoms with Gasteiger partial charge in [-0.25, -0.2) is 9.97 Å². The van der Waals surface area contributed by atoms with Gasteiger partial charge in [-0.1, -0.05) is 23.8 Å². The molecule has 0 spiro atoms. The number of thioether (sulfide) groups is 1. The first kappa shape index (κ1) is 15.5. The van der Waals surface area contributed by atoms with Crippen molar-refractivity contribution in [1.82, 2.24) is 9.97 Å². The van der Waals surface area contributed by atoms with E-state index < -0.39 is 0 Å². The molecule has 2 aromatic heterocycles. The molecule has 1 aromatic carbocycles. The van der Waals surface area contributed by atoms with Crippen molar-refractivity contribution < 1.29 is 0 Å². The largest absolute Gasteiger partial charge is 0.226 e. The molecule has 2 nitrogen and oxygen atoms in total. The van der Waals surface area contributed by atoms with Gasteiger partial charge in [0.15, 0.2) is 0 Å². The molecule has 0 radical (unpaired) electrons. The molecule has 4 heteroatoms. The van der Waals surface area contributed by atoms with E-state index in [9.17, 15) is 0 Å². The third kappa shape index (κ3) is 2.90. The van der Waals surface area contributed by atoms with Crippen LogP contribution in [0.2, 0.25) is 0 Å². The topological polar surface area (TPSA) is 25.8 Å². The Bertz CT molecular complexity index is 850. The fourth-order valence-corrected chi connectivity index (χ4v) is 4.85. The standard InChI is InChI=1S/C18H20N2S2/c1-10-6-7-11(2)15(8-10)9-21-17-16-12(3)13(4)22-18(16)20-14(5)19-17/h6-8H,9H2,1-5H3. The van der Waals surface area contributed by atoms with Crippen LogP contribution in [-0.2, 0) is 5.75 Å². The maximum absolute atomic E-state index is 4.70. The number of aromatic nitrogens is 2. The van der Waals surface area contributed by atoms with Gasteiger partial charge < -0.3 is 0 Å². The van der Waals surface area contributed by atoms with Gasteiger partial charge in [-0.15, -0.1) is 23.1 Å². The fourth-order valence-electron chi connectivity index (χ4n) is 2.52. The van der Waals surface area contributed by atoms with Crippen LogP contribution in [0.15, 0.2) is 23.2 Å². The first-order chi connectivity index (χ1) is 10.5. The summed E-state index contributed by atoms with van der Waals surface area (Å²) in [6.07, 6.45) is 0. The van der Waals surface area contributed by atoms with Gasteiger partial charge in [-0.05, 0) is 51.3 Å². The number of thiophene rings is 1. The molecular formula is C18H20N2S2. The minimum Gasteiger partial charge on any atom is -0.226 e. The number of benzene rings is 1. The molecule has 0 saturated heterocycles. The van der Waals surface area contributed by atoms with E-state index in [-0.39, 0.29) is 0 Å². The van der Waals surface area contributed by atoms with E-state index >= 15 is 0 Å². The van der Waals surface area contributed by atoms with Gasteiger partial charge in [0, 0.05) is 16.0 Å². The molecule has 0 saturated carbocycles. The molecule has 0 aliphatic heterocycles. The monoisotopic (exact) mass is 328 g/mol. The number of nitrogens with zero attached hydrogens (tertiary/aromatic N) is 2. The van der Waals surface area contributed by atoms with E-state index in [4.69, 9.17) is 4.98 Å². The van der Waals surface area contributed by atoms with Crippen LogP contribution in [0, 0.1) is 34.6 Å². The predicted molar refractivity (Wildman–Crippen MR) is 97.1 cm³/mol. The highest BCUT2D eigenvalue weighted by Gasteiger charge is 2.14. The van der Waals surface area contributed by atoms with Crippen LogP contribution in [0.3, 0.4) is 0 Å². The Labute approximate surface area is 140 Å². The highest BCUT2D eigenvalue weighted by molar-refractivity contribution is 7.98. The zero-order valence-electron chi connectivity index (χ0n) is 13.7. The molecule has 0 fully saturated rings. The molecule has 0 atom stereocenters. The Hall–Kier alpha value is -1.39. The molecule has 114 valence electrons. The van der Waals surface area contributed by atoms with Gasteiger partial charge in [0.2, 0.25) is 0 Å². The van der Waals surface area contributed by atoms with Crippen LogP contribution in [0.5, 0.6) is 0 Å². The number of aryl methyl sites for hydroxylation is 5. The molecule has 0 amide bonds. The third-order valence-electron chi connectivity index (χ3n) is 3.98. The lowest BCUT2D eigenvalue weighted by Crippen LogP contribution is -1.93. The second-order valence-corrected chi connectivity index (χ2v) is 7.93. The maximum atomic E-state index is 4.70. The van der Waals surface area contributed by atoms with E-state index in [0.29, 0.717) is 0 Å². The van der Waals surface area contributed by atoms with Gasteiger partial charge in [-0.3, -0.25) is 0 Å². The number of hydrogen-bond acceptors (Lipinski definition) is 4. The first-order valence-electron chi connectivity index (χ1n) is 7.39. The molecule has 3 rings (SSSR count). The summed E-state index contributed by atoms with van der Waals surface area (Å²) >= 11 is 3.59. The highest BCUT2D eigenvalue weighted by atomic mass is 32.2. The molecule has 0 N–H and O–H groups in total. The van der Waals surface area contributed by atoms with Crippen molar-refractivity contribution in [2.45, 2.75) is 45.4 Å². The smallest absolute Gasteiger partial charge is 0.128 e. The van der Waals surface area contributed by atoms with Gasteiger partial charge in [0.1, 0.15) is 15.7 Å². The van der Waals surface area contributed by atoms with E-state index in [1.165, 1.54) is 32.5 Å². The average molecular weight is 329 g/mol. The first-order valence-corrected chi connectivity index (χ1v) is 9.19. The molecular weight excluding hydrogens is 308 g/mol. The lowest BCUT2D eigenvalue weighted by atomic mass is 10.1. The Morgan fingerprint density at radius 2 is 1.82 bits per heavy atom. The lowest BCUT2D eigenvalue weighted by molar-refractivity contribution is 1.01. The summed E-state index contributed by atoms with van der Waals surface area (Å²) in [6, 6.07) is 6.65. The summed E-state index contributed by atoms with van der Waals surface area (Å²) in [7, 11) is 0. The summed E-state index contributed by atoms with van der Waals surface area (Å²) < 4.78 is 0. The average Bonchev–Trinajstić information content (AvgIpc) is 2.74. The molecule has 22 heavy (non-hydrogen) atoms. The second kappa shape index (κ2) is 6.01. The quantitative estimate of drug-likeness (QED) is 0.467. The summed E-state index contributed by atoms with van der Waals surface area (Å²) in [5.74, 6) is 1.81. The lowest BCUT2D eigenvalue weighted by Gasteiger charge is -2.08. The highest BCUT2D eigenvalue weighted by Crippen LogP contribution is 2.36. The van der Waals surface area contributed by atoms with Crippen molar-refractivity contribution in [3.05, 3.63) is 51.2 Å². The van der Waals surface area contributed by atoms with Gasteiger partial charge in [0.25, 0.3) is 0 Å². The Balaban J connectivity index is 1.98. The Morgan fingerprint density at radius 3 is 2.59 bits per heavy atom.